The van der Waals surface area contributed by atoms with E-state index in [0.29, 0.717) is 0 Å². The fraction of sp³-hybridized carbons (Fsp3) is 0.0625. The molecule has 0 unspecified atom stereocenters. The number of carbonyl (C=O) groups excluding carboxylic acids is 1. The molecule has 0 fully saturated rings. The predicted molar refractivity (Wildman–Crippen MR) is 79.5 cm³/mol. The van der Waals surface area contributed by atoms with Gasteiger partial charge in [0.15, 0.2) is 5.78 Å². The van der Waals surface area contributed by atoms with Crippen LogP contribution in [0.25, 0.3) is 6.08 Å². The number of carbonyl (C=O) groups is 1. The molecule has 0 atom stereocenters. The molecule has 0 aromatic heterocycles. The molecule has 0 aliphatic carbocycles. The molecule has 0 heterocycles. The van der Waals surface area contributed by atoms with E-state index in [0.717, 1.165) is 11.3 Å². The van der Waals surface area contributed by atoms with Gasteiger partial charge >= 0.3 is 0 Å². The van der Waals surface area contributed by atoms with Gasteiger partial charge in [-0.2, -0.15) is 0 Å². The van der Waals surface area contributed by atoms with E-state index in [1.54, 1.807) is 43.5 Å². The molecule has 0 saturated heterocycles. The molecule has 0 aliphatic rings. The normalized spacial score (nSPS) is 10.5. The first-order valence-electron chi connectivity index (χ1n) is 6.21. The Morgan fingerprint density at radius 3 is 2.43 bits per heavy atom. The molecule has 5 heteroatoms. The van der Waals surface area contributed by atoms with Gasteiger partial charge in [0.1, 0.15) is 5.75 Å². The molecule has 0 aliphatic heterocycles. The fourth-order valence-corrected chi connectivity index (χ4v) is 1.82. The van der Waals surface area contributed by atoms with Crippen LogP contribution in [0.5, 0.6) is 5.75 Å². The first-order valence-corrected chi connectivity index (χ1v) is 6.21. The van der Waals surface area contributed by atoms with Gasteiger partial charge in [0, 0.05) is 6.07 Å². The van der Waals surface area contributed by atoms with Crippen molar-refractivity contribution in [2.75, 3.05) is 7.11 Å². The van der Waals surface area contributed by atoms with E-state index in [4.69, 9.17) is 4.74 Å². The average Bonchev–Trinajstić information content (AvgIpc) is 2.53. The first kappa shape index (κ1) is 14.5. The van der Waals surface area contributed by atoms with Gasteiger partial charge in [-0.25, -0.2) is 0 Å². The van der Waals surface area contributed by atoms with Crippen molar-refractivity contribution in [1.82, 2.24) is 0 Å². The number of allylic oxidation sites excluding steroid dienone is 1. The molecule has 2 rings (SSSR count). The predicted octanol–water partition coefficient (Wildman–Crippen LogP) is 3.50. The van der Waals surface area contributed by atoms with Crippen molar-refractivity contribution >= 4 is 17.5 Å². The molecule has 0 saturated carbocycles. The van der Waals surface area contributed by atoms with Gasteiger partial charge < -0.3 is 4.74 Å². The summed E-state index contributed by atoms with van der Waals surface area (Å²) >= 11 is 0. The summed E-state index contributed by atoms with van der Waals surface area (Å²) in [5.41, 5.74) is 0.692. The van der Waals surface area contributed by atoms with Gasteiger partial charge in [0.05, 0.1) is 17.6 Å². The fourth-order valence-electron chi connectivity index (χ4n) is 1.82. The maximum absolute atomic E-state index is 12.1. The van der Waals surface area contributed by atoms with Crippen molar-refractivity contribution < 1.29 is 14.5 Å². The van der Waals surface area contributed by atoms with Gasteiger partial charge in [-0.1, -0.05) is 30.3 Å². The lowest BCUT2D eigenvalue weighted by molar-refractivity contribution is -0.385. The molecule has 0 amide bonds. The Bertz CT molecular complexity index is 690. The number of nitro groups is 1. The number of nitrogens with zero attached hydrogens (tertiary/aromatic N) is 1. The highest BCUT2D eigenvalue weighted by molar-refractivity contribution is 6.09. The summed E-state index contributed by atoms with van der Waals surface area (Å²) in [6.07, 6.45) is 2.93. The van der Waals surface area contributed by atoms with E-state index < -0.39 is 10.7 Å². The van der Waals surface area contributed by atoms with Gasteiger partial charge in [-0.05, 0) is 29.8 Å². The van der Waals surface area contributed by atoms with Crippen molar-refractivity contribution in [2.45, 2.75) is 0 Å². The Labute approximate surface area is 121 Å². The first-order chi connectivity index (χ1) is 10.1. The van der Waals surface area contributed by atoms with Gasteiger partial charge in [0.25, 0.3) is 5.69 Å². The van der Waals surface area contributed by atoms with E-state index in [1.165, 1.54) is 24.3 Å². The molecule has 0 radical (unpaired) electrons. The molecule has 2 aromatic carbocycles. The third-order valence-electron chi connectivity index (χ3n) is 2.91. The zero-order valence-corrected chi connectivity index (χ0v) is 11.4. The molecular weight excluding hydrogens is 270 g/mol. The van der Waals surface area contributed by atoms with Gasteiger partial charge in [-0.3, -0.25) is 14.9 Å². The second kappa shape index (κ2) is 6.47. The summed E-state index contributed by atoms with van der Waals surface area (Å²) in [5.74, 6) is 0.315. The van der Waals surface area contributed by atoms with E-state index in [9.17, 15) is 14.9 Å². The van der Waals surface area contributed by atoms with E-state index >= 15 is 0 Å². The highest BCUT2D eigenvalue weighted by Crippen LogP contribution is 2.19. The van der Waals surface area contributed by atoms with Crippen LogP contribution in [-0.2, 0) is 0 Å². The Balaban J connectivity index is 2.21. The quantitative estimate of drug-likeness (QED) is 0.364. The molecule has 0 N–H and O–H groups in total. The second-order valence-corrected chi connectivity index (χ2v) is 4.25. The number of ketones is 1. The van der Waals surface area contributed by atoms with Crippen molar-refractivity contribution in [3.05, 3.63) is 75.8 Å². The van der Waals surface area contributed by atoms with Crippen molar-refractivity contribution in [1.29, 1.82) is 0 Å². The summed E-state index contributed by atoms with van der Waals surface area (Å²) in [6, 6.07) is 13.0. The highest BCUT2D eigenvalue weighted by atomic mass is 16.6. The molecule has 0 bridgehead atoms. The van der Waals surface area contributed by atoms with Crippen molar-refractivity contribution in [2.24, 2.45) is 0 Å². The number of rotatable bonds is 5. The van der Waals surface area contributed by atoms with Crippen LogP contribution in [0.1, 0.15) is 15.9 Å². The molecule has 21 heavy (non-hydrogen) atoms. The van der Waals surface area contributed by atoms with Crippen LogP contribution in [0, 0.1) is 10.1 Å². The van der Waals surface area contributed by atoms with Crippen LogP contribution in [-0.4, -0.2) is 17.8 Å². The molecule has 0 spiro atoms. The molecule has 2 aromatic rings. The lowest BCUT2D eigenvalue weighted by atomic mass is 10.1. The highest BCUT2D eigenvalue weighted by Gasteiger charge is 2.16. The summed E-state index contributed by atoms with van der Waals surface area (Å²) in [4.78, 5) is 22.4. The largest absolute Gasteiger partial charge is 0.497 e. The van der Waals surface area contributed by atoms with E-state index in [2.05, 4.69) is 0 Å². The lowest BCUT2D eigenvalue weighted by Crippen LogP contribution is -2.00. The molecule has 5 nitrogen and oxygen atoms in total. The number of ether oxygens (including phenoxy) is 1. The lowest BCUT2D eigenvalue weighted by Gasteiger charge is -2.00. The Morgan fingerprint density at radius 1 is 1.14 bits per heavy atom. The Morgan fingerprint density at radius 2 is 1.81 bits per heavy atom. The average molecular weight is 283 g/mol. The zero-order chi connectivity index (χ0) is 15.2. The van der Waals surface area contributed by atoms with Crippen LogP contribution < -0.4 is 4.74 Å². The summed E-state index contributed by atoms with van der Waals surface area (Å²) in [6.45, 7) is 0. The monoisotopic (exact) mass is 283 g/mol. The third-order valence-corrected chi connectivity index (χ3v) is 2.91. The number of methoxy groups -OCH3 is 1. The van der Waals surface area contributed by atoms with Crippen LogP contribution >= 0.6 is 0 Å². The van der Waals surface area contributed by atoms with Gasteiger partial charge in [0.2, 0.25) is 0 Å². The Kier molecular flexibility index (Phi) is 4.46. The minimum Gasteiger partial charge on any atom is -0.497 e. The second-order valence-electron chi connectivity index (χ2n) is 4.25. The molecule has 106 valence electrons. The van der Waals surface area contributed by atoms with Crippen LogP contribution in [0.4, 0.5) is 5.69 Å². The number of para-hydroxylation sites is 1. The Hall–Kier alpha value is -2.95. The van der Waals surface area contributed by atoms with Crippen LogP contribution in [0.3, 0.4) is 0 Å². The smallest absolute Gasteiger partial charge is 0.280 e. The standard InChI is InChI=1S/C16H13NO4/c1-21-13-9-6-12(7-10-13)8-11-16(18)14-4-2-3-5-15(14)17(19)20/h2-11H,1H3/b11-8+. The number of hydrogen-bond acceptors (Lipinski definition) is 4. The van der Waals surface area contributed by atoms with Crippen molar-refractivity contribution in [3.8, 4) is 5.75 Å². The van der Waals surface area contributed by atoms with Crippen LogP contribution in [0.15, 0.2) is 54.6 Å². The minimum atomic E-state index is -0.561. The minimum absolute atomic E-state index is 0.0762. The number of nitro benzene ring substituents is 1. The third kappa shape index (κ3) is 3.54. The topological polar surface area (TPSA) is 69.4 Å². The number of hydrogen-bond donors (Lipinski definition) is 0. The van der Waals surface area contributed by atoms with Crippen LogP contribution in [0.2, 0.25) is 0 Å². The number of benzene rings is 2. The maximum Gasteiger partial charge on any atom is 0.280 e. The van der Waals surface area contributed by atoms with Crippen molar-refractivity contribution in [3.63, 3.8) is 0 Å². The molecular formula is C16H13NO4. The summed E-state index contributed by atoms with van der Waals surface area (Å²) < 4.78 is 5.04. The van der Waals surface area contributed by atoms with E-state index in [-0.39, 0.29) is 11.3 Å². The maximum atomic E-state index is 12.1. The van der Waals surface area contributed by atoms with E-state index in [1.807, 2.05) is 0 Å². The SMILES string of the molecule is COc1ccc(/C=C/C(=O)c2ccccc2[N+](=O)[O-])cc1. The zero-order valence-electron chi connectivity index (χ0n) is 11.4. The summed E-state index contributed by atoms with van der Waals surface area (Å²) in [5, 5.41) is 10.9. The van der Waals surface area contributed by atoms with Gasteiger partial charge in [-0.15, -0.1) is 0 Å². The summed E-state index contributed by atoms with van der Waals surface area (Å²) in [7, 11) is 1.57.